The molecule has 0 aliphatic carbocycles. The Morgan fingerprint density at radius 2 is 2.20 bits per heavy atom. The van der Waals surface area contributed by atoms with E-state index in [1.165, 1.54) is 23.5 Å². The maximum atomic E-state index is 13.0. The highest BCUT2D eigenvalue weighted by Crippen LogP contribution is 2.18. The summed E-state index contributed by atoms with van der Waals surface area (Å²) in [7, 11) is 0. The zero-order chi connectivity index (χ0) is 13.9. The predicted octanol–water partition coefficient (Wildman–Crippen LogP) is 3.56. The Morgan fingerprint density at radius 1 is 1.30 bits per heavy atom. The van der Waals surface area contributed by atoms with Gasteiger partial charge in [0.2, 0.25) is 0 Å². The maximum Gasteiger partial charge on any atom is 0.268 e. The number of fused-ring (bicyclic) bond motifs is 1. The number of aromatic amines is 1. The van der Waals surface area contributed by atoms with E-state index in [4.69, 9.17) is 0 Å². The van der Waals surface area contributed by atoms with Crippen molar-refractivity contribution in [1.82, 2.24) is 9.97 Å². The lowest BCUT2D eigenvalue weighted by Gasteiger charge is -2.02. The zero-order valence-electron chi connectivity index (χ0n) is 10.4. The summed E-state index contributed by atoms with van der Waals surface area (Å²) in [6.45, 7) is 0. The van der Waals surface area contributed by atoms with Crippen molar-refractivity contribution in [2.24, 2.45) is 0 Å². The second kappa shape index (κ2) is 5.76. The van der Waals surface area contributed by atoms with E-state index in [1.54, 1.807) is 17.8 Å². The molecule has 0 aliphatic heterocycles. The molecular formula is C14H11FN2OS2. The van der Waals surface area contributed by atoms with Crippen LogP contribution in [0.4, 0.5) is 4.39 Å². The fraction of sp³-hybridized carbons (Fsp3) is 0.143. The van der Waals surface area contributed by atoms with Crippen LogP contribution in [0.25, 0.3) is 10.2 Å². The topological polar surface area (TPSA) is 45.8 Å². The van der Waals surface area contributed by atoms with Crippen molar-refractivity contribution in [3.05, 3.63) is 63.3 Å². The molecule has 0 unspecified atom stereocenters. The molecule has 1 aromatic carbocycles. The van der Waals surface area contributed by atoms with Crippen LogP contribution < -0.4 is 5.56 Å². The molecule has 6 heteroatoms. The number of nitrogens with zero attached hydrogens (tertiary/aromatic N) is 1. The third-order valence-electron chi connectivity index (χ3n) is 2.76. The SMILES string of the molecule is O=c1[nH]c(CSCc2cccc(F)c2)nc2ccsc12. The molecular weight excluding hydrogens is 295 g/mol. The van der Waals surface area contributed by atoms with Gasteiger partial charge in [-0.05, 0) is 29.1 Å². The van der Waals surface area contributed by atoms with Gasteiger partial charge in [0.25, 0.3) is 5.56 Å². The van der Waals surface area contributed by atoms with E-state index in [9.17, 15) is 9.18 Å². The second-order valence-corrected chi connectivity index (χ2v) is 6.17. The Labute approximate surface area is 122 Å². The molecule has 20 heavy (non-hydrogen) atoms. The van der Waals surface area contributed by atoms with Gasteiger partial charge in [0.1, 0.15) is 16.3 Å². The molecule has 1 N–H and O–H groups in total. The third kappa shape index (κ3) is 2.91. The monoisotopic (exact) mass is 306 g/mol. The van der Waals surface area contributed by atoms with Gasteiger partial charge in [-0.2, -0.15) is 0 Å². The van der Waals surface area contributed by atoms with E-state index >= 15 is 0 Å². The molecule has 3 aromatic rings. The average molecular weight is 306 g/mol. The standard InChI is InChI=1S/C14H11FN2OS2/c15-10-3-1-2-9(6-10)7-19-8-12-16-11-4-5-20-13(11)14(18)17-12/h1-6H,7-8H2,(H,16,17,18). The fourth-order valence-electron chi connectivity index (χ4n) is 1.88. The maximum absolute atomic E-state index is 13.0. The van der Waals surface area contributed by atoms with Gasteiger partial charge >= 0.3 is 0 Å². The smallest absolute Gasteiger partial charge is 0.268 e. The molecule has 2 aromatic heterocycles. The van der Waals surface area contributed by atoms with Crippen molar-refractivity contribution in [3.8, 4) is 0 Å². The van der Waals surface area contributed by atoms with Crippen molar-refractivity contribution in [3.63, 3.8) is 0 Å². The van der Waals surface area contributed by atoms with Crippen LogP contribution in [-0.2, 0) is 11.5 Å². The molecule has 0 saturated heterocycles. The fourth-order valence-corrected chi connectivity index (χ4v) is 3.46. The first kappa shape index (κ1) is 13.3. The first-order valence-corrected chi connectivity index (χ1v) is 8.04. The molecule has 102 valence electrons. The van der Waals surface area contributed by atoms with Gasteiger partial charge in [0.15, 0.2) is 0 Å². The minimum Gasteiger partial charge on any atom is -0.309 e. The van der Waals surface area contributed by atoms with Crippen molar-refractivity contribution in [2.75, 3.05) is 0 Å². The second-order valence-electron chi connectivity index (χ2n) is 4.27. The van der Waals surface area contributed by atoms with Gasteiger partial charge in [-0.25, -0.2) is 9.37 Å². The lowest BCUT2D eigenvalue weighted by Crippen LogP contribution is -2.09. The van der Waals surface area contributed by atoms with Crippen LogP contribution in [0.5, 0.6) is 0 Å². The Balaban J connectivity index is 1.69. The number of hydrogen-bond donors (Lipinski definition) is 1. The highest BCUT2D eigenvalue weighted by atomic mass is 32.2. The van der Waals surface area contributed by atoms with Crippen molar-refractivity contribution in [2.45, 2.75) is 11.5 Å². The molecule has 0 spiro atoms. The molecule has 2 heterocycles. The van der Waals surface area contributed by atoms with E-state index in [0.717, 1.165) is 11.1 Å². The number of nitrogens with one attached hydrogen (secondary N) is 1. The molecule has 3 rings (SSSR count). The predicted molar refractivity (Wildman–Crippen MR) is 81.6 cm³/mol. The lowest BCUT2D eigenvalue weighted by molar-refractivity contribution is 0.626. The van der Waals surface area contributed by atoms with Gasteiger partial charge in [0, 0.05) is 5.75 Å². The van der Waals surface area contributed by atoms with Crippen LogP contribution in [0.2, 0.25) is 0 Å². The number of thioether (sulfide) groups is 1. The van der Waals surface area contributed by atoms with Crippen LogP contribution in [0.1, 0.15) is 11.4 Å². The normalized spacial score (nSPS) is 11.1. The number of hydrogen-bond acceptors (Lipinski definition) is 4. The lowest BCUT2D eigenvalue weighted by atomic mass is 10.2. The van der Waals surface area contributed by atoms with Crippen LogP contribution in [0.15, 0.2) is 40.5 Å². The van der Waals surface area contributed by atoms with E-state index in [-0.39, 0.29) is 11.4 Å². The number of H-pyrrole nitrogens is 1. The Bertz CT molecular complexity index is 797. The van der Waals surface area contributed by atoms with Crippen molar-refractivity contribution < 1.29 is 4.39 Å². The number of aromatic nitrogens is 2. The first-order valence-electron chi connectivity index (χ1n) is 6.01. The van der Waals surface area contributed by atoms with Crippen molar-refractivity contribution >= 4 is 33.3 Å². The van der Waals surface area contributed by atoms with Crippen LogP contribution in [0.3, 0.4) is 0 Å². The van der Waals surface area contributed by atoms with E-state index in [1.807, 2.05) is 17.5 Å². The molecule has 0 fully saturated rings. The molecule has 0 bridgehead atoms. The molecule has 0 amide bonds. The van der Waals surface area contributed by atoms with Crippen LogP contribution >= 0.6 is 23.1 Å². The number of thiophene rings is 1. The van der Waals surface area contributed by atoms with Crippen molar-refractivity contribution in [1.29, 1.82) is 0 Å². The van der Waals surface area contributed by atoms with E-state index < -0.39 is 0 Å². The molecule has 0 aliphatic rings. The number of benzene rings is 1. The average Bonchev–Trinajstić information content (AvgIpc) is 2.88. The highest BCUT2D eigenvalue weighted by molar-refractivity contribution is 7.97. The summed E-state index contributed by atoms with van der Waals surface area (Å²) in [4.78, 5) is 19.0. The van der Waals surface area contributed by atoms with Crippen LogP contribution in [0, 0.1) is 5.82 Å². The molecule has 0 atom stereocenters. The summed E-state index contributed by atoms with van der Waals surface area (Å²) in [5.41, 5.74) is 1.57. The summed E-state index contributed by atoms with van der Waals surface area (Å²) >= 11 is 2.98. The summed E-state index contributed by atoms with van der Waals surface area (Å²) in [6.07, 6.45) is 0. The summed E-state index contributed by atoms with van der Waals surface area (Å²) in [5, 5.41) is 1.86. The minimum absolute atomic E-state index is 0.0913. The minimum atomic E-state index is -0.227. The third-order valence-corrected chi connectivity index (χ3v) is 4.68. The number of rotatable bonds is 4. The first-order chi connectivity index (χ1) is 9.72. The van der Waals surface area contributed by atoms with Gasteiger partial charge < -0.3 is 4.98 Å². The molecule has 0 saturated carbocycles. The highest BCUT2D eigenvalue weighted by Gasteiger charge is 2.05. The quantitative estimate of drug-likeness (QED) is 0.801. The van der Waals surface area contributed by atoms with Gasteiger partial charge in [-0.1, -0.05) is 12.1 Å². The van der Waals surface area contributed by atoms with E-state index in [0.29, 0.717) is 22.0 Å². The van der Waals surface area contributed by atoms with Gasteiger partial charge in [0.05, 0.1) is 11.3 Å². The summed E-state index contributed by atoms with van der Waals surface area (Å²) in [6, 6.07) is 8.37. The Morgan fingerprint density at radius 3 is 3.05 bits per heavy atom. The largest absolute Gasteiger partial charge is 0.309 e. The molecule has 3 nitrogen and oxygen atoms in total. The van der Waals surface area contributed by atoms with E-state index in [2.05, 4.69) is 9.97 Å². The van der Waals surface area contributed by atoms with Gasteiger partial charge in [-0.15, -0.1) is 23.1 Å². The van der Waals surface area contributed by atoms with Crippen LogP contribution in [-0.4, -0.2) is 9.97 Å². The zero-order valence-corrected chi connectivity index (χ0v) is 12.1. The summed E-state index contributed by atoms with van der Waals surface area (Å²) in [5.74, 6) is 1.71. The van der Waals surface area contributed by atoms with Gasteiger partial charge in [-0.3, -0.25) is 4.79 Å². The Kier molecular flexibility index (Phi) is 3.84. The summed E-state index contributed by atoms with van der Waals surface area (Å²) < 4.78 is 13.7. The number of halogens is 1. The Hall–Kier alpha value is -1.66. The molecule has 0 radical (unpaired) electrons.